The Labute approximate surface area is 222 Å². The van der Waals surface area contributed by atoms with Crippen molar-refractivity contribution in [2.45, 2.75) is 30.6 Å². The van der Waals surface area contributed by atoms with Gasteiger partial charge in [-0.3, -0.25) is 9.36 Å². The number of pyridine rings is 1. The van der Waals surface area contributed by atoms with Crippen LogP contribution in [-0.4, -0.2) is 35.0 Å². The summed E-state index contributed by atoms with van der Waals surface area (Å²) in [6, 6.07) is 19.3. The average Bonchev–Trinajstić information content (AvgIpc) is 2.92. The van der Waals surface area contributed by atoms with Gasteiger partial charge in [0.05, 0.1) is 12.7 Å². The first-order valence-corrected chi connectivity index (χ1v) is 12.9. The van der Waals surface area contributed by atoms with Gasteiger partial charge in [-0.05, 0) is 58.0 Å². The zero-order valence-electron chi connectivity index (χ0n) is 20.8. The smallest absolute Gasteiger partial charge is 0.416 e. The van der Waals surface area contributed by atoms with Crippen molar-refractivity contribution < 1.29 is 22.7 Å². The summed E-state index contributed by atoms with van der Waals surface area (Å²) in [5.41, 5.74) is 1.18. The molecule has 0 N–H and O–H groups in total. The number of hydrogen-bond donors (Lipinski definition) is 0. The van der Waals surface area contributed by atoms with Crippen molar-refractivity contribution in [1.29, 1.82) is 0 Å². The average molecular weight is 539 g/mol. The molecule has 5 nitrogen and oxygen atoms in total. The molecular weight excluding hydrogens is 513 g/mol. The van der Waals surface area contributed by atoms with Crippen LogP contribution in [0.15, 0.2) is 82.6 Å². The van der Waals surface area contributed by atoms with Crippen molar-refractivity contribution >= 4 is 28.7 Å². The van der Waals surface area contributed by atoms with Crippen molar-refractivity contribution in [1.82, 2.24) is 8.87 Å². The van der Waals surface area contributed by atoms with Crippen LogP contribution in [0.5, 0.6) is 0 Å². The predicted molar refractivity (Wildman–Crippen MR) is 142 cm³/mol. The minimum Gasteiger partial charge on any atom is -0.467 e. The van der Waals surface area contributed by atoms with Crippen molar-refractivity contribution in [2.24, 2.45) is 0 Å². The molecule has 1 unspecified atom stereocenters. The highest BCUT2D eigenvalue weighted by atomic mass is 32.2. The SMILES string of the molecule is CCN1CC(C(=O)OC)n2c(c(-c3cccc(C(F)(F)F)c3)c(Cc3cccc4ccccc34)cc2=O)S1. The molecule has 1 aromatic heterocycles. The minimum absolute atomic E-state index is 0.242. The summed E-state index contributed by atoms with van der Waals surface area (Å²) in [7, 11) is 1.26. The number of methoxy groups -OCH3 is 1. The summed E-state index contributed by atoms with van der Waals surface area (Å²) in [5, 5.41) is 2.45. The van der Waals surface area contributed by atoms with Crippen LogP contribution in [0.3, 0.4) is 0 Å². The minimum atomic E-state index is -4.53. The third kappa shape index (κ3) is 4.83. The number of ether oxygens (including phenoxy) is 1. The number of aromatic nitrogens is 1. The lowest BCUT2D eigenvalue weighted by Gasteiger charge is -2.34. The number of carbonyl (C=O) groups is 1. The van der Waals surface area contributed by atoms with Gasteiger partial charge in [-0.1, -0.05) is 61.5 Å². The molecular formula is C29H25F3N2O3S. The Bertz CT molecular complexity index is 1580. The number of likely N-dealkylation sites (N-methyl/N-ethyl adjacent to an activating group) is 1. The monoisotopic (exact) mass is 538 g/mol. The van der Waals surface area contributed by atoms with Crippen LogP contribution in [0, 0.1) is 0 Å². The molecule has 0 aliphatic carbocycles. The fourth-order valence-electron chi connectivity index (χ4n) is 4.93. The molecule has 38 heavy (non-hydrogen) atoms. The topological polar surface area (TPSA) is 51.5 Å². The molecule has 3 aromatic carbocycles. The van der Waals surface area contributed by atoms with Gasteiger partial charge in [-0.25, -0.2) is 9.10 Å². The van der Waals surface area contributed by atoms with Gasteiger partial charge in [0.2, 0.25) is 0 Å². The summed E-state index contributed by atoms with van der Waals surface area (Å²) in [5.74, 6) is -0.580. The Balaban J connectivity index is 1.79. The van der Waals surface area contributed by atoms with Crippen molar-refractivity contribution in [3.63, 3.8) is 0 Å². The van der Waals surface area contributed by atoms with E-state index in [9.17, 15) is 22.8 Å². The Morgan fingerprint density at radius 2 is 1.76 bits per heavy atom. The van der Waals surface area contributed by atoms with E-state index in [0.29, 0.717) is 34.7 Å². The van der Waals surface area contributed by atoms with E-state index in [1.807, 2.05) is 53.7 Å². The third-order valence-corrected chi connectivity index (χ3v) is 8.00. The van der Waals surface area contributed by atoms with E-state index >= 15 is 0 Å². The maximum atomic E-state index is 13.7. The Morgan fingerprint density at radius 3 is 2.50 bits per heavy atom. The largest absolute Gasteiger partial charge is 0.467 e. The Morgan fingerprint density at radius 1 is 1.03 bits per heavy atom. The van der Waals surface area contributed by atoms with E-state index in [0.717, 1.165) is 28.5 Å². The maximum absolute atomic E-state index is 13.7. The second-order valence-electron chi connectivity index (χ2n) is 9.06. The van der Waals surface area contributed by atoms with Crippen molar-refractivity contribution in [3.05, 3.63) is 99.8 Å². The third-order valence-electron chi connectivity index (χ3n) is 6.76. The van der Waals surface area contributed by atoms with Crippen molar-refractivity contribution in [2.75, 3.05) is 20.2 Å². The number of hydrogen-bond acceptors (Lipinski definition) is 5. The van der Waals surface area contributed by atoms with Gasteiger partial charge in [0.25, 0.3) is 5.56 Å². The van der Waals surface area contributed by atoms with E-state index in [4.69, 9.17) is 4.74 Å². The molecule has 4 aromatic rings. The van der Waals surface area contributed by atoms with E-state index in [1.54, 1.807) is 6.07 Å². The van der Waals surface area contributed by atoms with Gasteiger partial charge in [-0.2, -0.15) is 13.2 Å². The van der Waals surface area contributed by atoms with E-state index < -0.39 is 29.3 Å². The predicted octanol–water partition coefficient (Wildman–Crippen LogP) is 6.33. The van der Waals surface area contributed by atoms with Crippen LogP contribution in [0.1, 0.15) is 29.7 Å². The van der Waals surface area contributed by atoms with Crippen LogP contribution < -0.4 is 5.56 Å². The molecule has 5 rings (SSSR count). The molecule has 1 aliphatic rings. The molecule has 0 bridgehead atoms. The highest BCUT2D eigenvalue weighted by Gasteiger charge is 2.36. The lowest BCUT2D eigenvalue weighted by Crippen LogP contribution is -2.42. The lowest BCUT2D eigenvalue weighted by molar-refractivity contribution is -0.145. The summed E-state index contributed by atoms with van der Waals surface area (Å²) >= 11 is 1.27. The Hall–Kier alpha value is -3.56. The number of alkyl halides is 3. The normalized spacial score (nSPS) is 15.9. The van der Waals surface area contributed by atoms with E-state index in [2.05, 4.69) is 0 Å². The molecule has 2 heterocycles. The maximum Gasteiger partial charge on any atom is 0.416 e. The lowest BCUT2D eigenvalue weighted by atomic mass is 9.93. The summed E-state index contributed by atoms with van der Waals surface area (Å²) in [6.07, 6.45) is -4.21. The van der Waals surface area contributed by atoms with E-state index in [-0.39, 0.29) is 6.54 Å². The number of esters is 1. The standard InChI is InChI=1S/C29H25F3N2O3S/c1-3-33-17-24(28(36)37-2)34-25(35)16-21(14-19-10-6-9-18-8-4-5-13-23(18)19)26(27(34)38-33)20-11-7-12-22(15-20)29(30,31)32/h4-13,15-16,24H,3,14,17H2,1-2H3. The molecule has 0 saturated heterocycles. The van der Waals surface area contributed by atoms with Gasteiger partial charge in [-0.15, -0.1) is 0 Å². The number of carbonyl (C=O) groups excluding carboxylic acids is 1. The number of fused-ring (bicyclic) bond motifs is 2. The highest BCUT2D eigenvalue weighted by molar-refractivity contribution is 7.97. The second kappa shape index (κ2) is 10.3. The Kier molecular flexibility index (Phi) is 7.07. The second-order valence-corrected chi connectivity index (χ2v) is 10.1. The van der Waals surface area contributed by atoms with Crippen LogP contribution in [0.2, 0.25) is 0 Å². The summed E-state index contributed by atoms with van der Waals surface area (Å²) in [6.45, 7) is 2.71. The molecule has 1 aliphatic heterocycles. The molecule has 0 amide bonds. The van der Waals surface area contributed by atoms with E-state index in [1.165, 1.54) is 35.8 Å². The highest BCUT2D eigenvalue weighted by Crippen LogP contribution is 2.42. The zero-order valence-corrected chi connectivity index (χ0v) is 21.6. The molecule has 0 radical (unpaired) electrons. The van der Waals surface area contributed by atoms with Gasteiger partial charge in [0.15, 0.2) is 0 Å². The van der Waals surface area contributed by atoms with Crippen molar-refractivity contribution in [3.8, 4) is 11.1 Å². The van der Waals surface area contributed by atoms with Crippen LogP contribution in [0.25, 0.3) is 21.9 Å². The van der Waals surface area contributed by atoms with Crippen LogP contribution in [0.4, 0.5) is 13.2 Å². The first kappa shape index (κ1) is 26.1. The van der Waals surface area contributed by atoms with Crippen LogP contribution >= 0.6 is 11.9 Å². The quantitative estimate of drug-likeness (QED) is 0.219. The zero-order chi connectivity index (χ0) is 27.0. The first-order valence-electron chi connectivity index (χ1n) is 12.1. The molecule has 196 valence electrons. The van der Waals surface area contributed by atoms with Gasteiger partial charge < -0.3 is 4.74 Å². The molecule has 0 fully saturated rings. The number of nitrogens with zero attached hydrogens (tertiary/aromatic N) is 2. The molecule has 1 atom stereocenters. The van der Waals surface area contributed by atoms with Gasteiger partial charge in [0, 0.05) is 24.7 Å². The first-order chi connectivity index (χ1) is 18.2. The summed E-state index contributed by atoms with van der Waals surface area (Å²) in [4.78, 5) is 26.2. The van der Waals surface area contributed by atoms with Gasteiger partial charge in [0.1, 0.15) is 11.1 Å². The fraction of sp³-hybridized carbons (Fsp3) is 0.241. The number of benzene rings is 3. The number of halogens is 3. The summed E-state index contributed by atoms with van der Waals surface area (Å²) < 4.78 is 49.4. The molecule has 9 heteroatoms. The van der Waals surface area contributed by atoms with Crippen LogP contribution in [-0.2, 0) is 22.1 Å². The molecule has 0 saturated carbocycles. The fourth-order valence-corrected chi connectivity index (χ4v) is 6.16. The number of rotatable bonds is 5. The van der Waals surface area contributed by atoms with Gasteiger partial charge >= 0.3 is 12.1 Å². The molecule has 0 spiro atoms.